The number of benzene rings is 2. The Morgan fingerprint density at radius 1 is 1.04 bits per heavy atom. The Morgan fingerprint density at radius 2 is 1.73 bits per heavy atom. The molecular weight excluding hydrogens is 330 g/mol. The van der Waals surface area contributed by atoms with E-state index in [2.05, 4.69) is 5.32 Å². The van der Waals surface area contributed by atoms with Crippen LogP contribution in [0.15, 0.2) is 48.5 Å². The maximum Gasteiger partial charge on any atom is 0.261 e. The Kier molecular flexibility index (Phi) is 7.33. The quantitative estimate of drug-likeness (QED) is 0.733. The van der Waals surface area contributed by atoms with Gasteiger partial charge in [0.05, 0.1) is 19.8 Å². The van der Waals surface area contributed by atoms with E-state index in [-0.39, 0.29) is 11.9 Å². The Morgan fingerprint density at radius 3 is 2.35 bits per heavy atom. The summed E-state index contributed by atoms with van der Waals surface area (Å²) in [4.78, 5) is 12.6. The summed E-state index contributed by atoms with van der Waals surface area (Å²) in [5.41, 5.74) is 1.01. The van der Waals surface area contributed by atoms with E-state index in [1.54, 1.807) is 13.2 Å². The molecule has 0 saturated carbocycles. The molecule has 2 aromatic carbocycles. The fourth-order valence-corrected chi connectivity index (χ4v) is 2.57. The molecule has 1 N–H and O–H groups in total. The van der Waals surface area contributed by atoms with Gasteiger partial charge in [0.15, 0.2) is 6.10 Å². The minimum absolute atomic E-state index is 0.124. The van der Waals surface area contributed by atoms with Gasteiger partial charge >= 0.3 is 0 Å². The monoisotopic (exact) mass is 357 g/mol. The molecule has 5 heteroatoms. The van der Waals surface area contributed by atoms with Crippen LogP contribution in [0.1, 0.15) is 38.8 Å². The Balaban J connectivity index is 1.98. The van der Waals surface area contributed by atoms with Gasteiger partial charge in [0, 0.05) is 6.07 Å². The smallest absolute Gasteiger partial charge is 0.261 e. The van der Waals surface area contributed by atoms with E-state index in [1.165, 1.54) is 0 Å². The summed E-state index contributed by atoms with van der Waals surface area (Å²) in [5.74, 6) is 1.99. The first kappa shape index (κ1) is 19.6. The summed E-state index contributed by atoms with van der Waals surface area (Å²) in [6.07, 6.45) is 0.00577. The molecule has 0 aromatic heterocycles. The van der Waals surface area contributed by atoms with Crippen molar-refractivity contribution in [2.45, 2.75) is 39.3 Å². The zero-order chi connectivity index (χ0) is 18.9. The van der Waals surface area contributed by atoms with E-state index < -0.39 is 6.10 Å². The maximum absolute atomic E-state index is 12.6. The van der Waals surface area contributed by atoms with Crippen LogP contribution in [0.3, 0.4) is 0 Å². The van der Waals surface area contributed by atoms with Crippen LogP contribution >= 0.6 is 0 Å². The predicted octanol–water partition coefficient (Wildman–Crippen LogP) is 4.13. The summed E-state index contributed by atoms with van der Waals surface area (Å²) in [6, 6.07) is 14.9. The van der Waals surface area contributed by atoms with Crippen LogP contribution < -0.4 is 19.5 Å². The third-order valence-electron chi connectivity index (χ3n) is 4.03. The van der Waals surface area contributed by atoms with Gasteiger partial charge in [-0.2, -0.15) is 0 Å². The third kappa shape index (κ3) is 5.41. The highest BCUT2D eigenvalue weighted by Crippen LogP contribution is 2.22. The molecule has 0 radical (unpaired) electrons. The van der Waals surface area contributed by atoms with Gasteiger partial charge in [-0.3, -0.25) is 4.79 Å². The predicted molar refractivity (Wildman–Crippen MR) is 102 cm³/mol. The van der Waals surface area contributed by atoms with Crippen molar-refractivity contribution in [2.24, 2.45) is 0 Å². The van der Waals surface area contributed by atoms with Gasteiger partial charge in [0.2, 0.25) is 0 Å². The van der Waals surface area contributed by atoms with Gasteiger partial charge in [-0.15, -0.1) is 0 Å². The molecule has 5 nitrogen and oxygen atoms in total. The van der Waals surface area contributed by atoms with Gasteiger partial charge in [0.1, 0.15) is 17.2 Å². The summed E-state index contributed by atoms with van der Waals surface area (Å²) in [6.45, 7) is 6.45. The normalized spacial score (nSPS) is 12.8. The number of hydrogen-bond acceptors (Lipinski definition) is 4. The molecule has 2 rings (SSSR count). The van der Waals surface area contributed by atoms with E-state index in [0.717, 1.165) is 11.3 Å². The maximum atomic E-state index is 12.6. The van der Waals surface area contributed by atoms with Crippen molar-refractivity contribution in [3.8, 4) is 17.2 Å². The number of rotatable bonds is 9. The number of carbonyl (C=O) groups excluding carboxylic acids is 1. The molecule has 0 saturated heterocycles. The minimum Gasteiger partial charge on any atom is -0.497 e. The topological polar surface area (TPSA) is 56.8 Å². The van der Waals surface area contributed by atoms with Gasteiger partial charge < -0.3 is 19.5 Å². The standard InChI is InChI=1S/C21H27NO4/c1-5-20(26-19-9-7-8-18(14-19)24-4)21(23)22-15(3)16-10-12-17(13-11-16)25-6-2/h7-15,20H,5-6H2,1-4H3,(H,22,23). The van der Waals surface area contributed by atoms with Crippen LogP contribution in [0.25, 0.3) is 0 Å². The lowest BCUT2D eigenvalue weighted by molar-refractivity contribution is -0.128. The van der Waals surface area contributed by atoms with Crippen molar-refractivity contribution >= 4 is 5.91 Å². The Bertz CT molecular complexity index is 699. The van der Waals surface area contributed by atoms with Crippen LogP contribution in [-0.2, 0) is 4.79 Å². The zero-order valence-corrected chi connectivity index (χ0v) is 15.8. The van der Waals surface area contributed by atoms with Crippen LogP contribution in [0.5, 0.6) is 17.2 Å². The highest BCUT2D eigenvalue weighted by atomic mass is 16.5. The van der Waals surface area contributed by atoms with Gasteiger partial charge in [-0.05, 0) is 50.1 Å². The lowest BCUT2D eigenvalue weighted by Gasteiger charge is -2.21. The lowest BCUT2D eigenvalue weighted by atomic mass is 10.1. The first-order valence-corrected chi connectivity index (χ1v) is 8.91. The van der Waals surface area contributed by atoms with E-state index in [9.17, 15) is 4.79 Å². The molecule has 2 atom stereocenters. The Labute approximate surface area is 155 Å². The van der Waals surface area contributed by atoms with Gasteiger partial charge in [-0.1, -0.05) is 25.1 Å². The van der Waals surface area contributed by atoms with E-state index in [1.807, 2.05) is 63.2 Å². The van der Waals surface area contributed by atoms with Crippen LogP contribution in [-0.4, -0.2) is 25.7 Å². The van der Waals surface area contributed by atoms with E-state index in [4.69, 9.17) is 14.2 Å². The molecule has 26 heavy (non-hydrogen) atoms. The average molecular weight is 357 g/mol. The van der Waals surface area contributed by atoms with Crippen molar-refractivity contribution in [1.29, 1.82) is 0 Å². The van der Waals surface area contributed by atoms with Crippen molar-refractivity contribution in [1.82, 2.24) is 5.32 Å². The third-order valence-corrected chi connectivity index (χ3v) is 4.03. The van der Waals surface area contributed by atoms with Gasteiger partial charge in [-0.25, -0.2) is 0 Å². The van der Waals surface area contributed by atoms with E-state index in [0.29, 0.717) is 24.5 Å². The molecule has 0 spiro atoms. The number of ether oxygens (including phenoxy) is 3. The number of methoxy groups -OCH3 is 1. The fraction of sp³-hybridized carbons (Fsp3) is 0.381. The molecule has 0 fully saturated rings. The molecule has 0 bridgehead atoms. The molecule has 0 aliphatic rings. The second-order valence-corrected chi connectivity index (χ2v) is 5.93. The summed E-state index contributed by atoms with van der Waals surface area (Å²) >= 11 is 0. The van der Waals surface area contributed by atoms with Crippen LogP contribution in [0, 0.1) is 0 Å². The molecule has 2 aromatic rings. The van der Waals surface area contributed by atoms with Crippen molar-refractivity contribution < 1.29 is 19.0 Å². The zero-order valence-electron chi connectivity index (χ0n) is 15.8. The molecule has 2 unspecified atom stereocenters. The number of carbonyl (C=O) groups is 1. The molecule has 0 heterocycles. The van der Waals surface area contributed by atoms with Crippen LogP contribution in [0.2, 0.25) is 0 Å². The van der Waals surface area contributed by atoms with Crippen molar-refractivity contribution in [3.05, 3.63) is 54.1 Å². The highest BCUT2D eigenvalue weighted by molar-refractivity contribution is 5.81. The fourth-order valence-electron chi connectivity index (χ4n) is 2.57. The molecule has 140 valence electrons. The summed E-state index contributed by atoms with van der Waals surface area (Å²) in [5, 5.41) is 3.01. The molecule has 1 amide bonds. The van der Waals surface area contributed by atoms with Crippen molar-refractivity contribution in [2.75, 3.05) is 13.7 Å². The first-order valence-electron chi connectivity index (χ1n) is 8.91. The summed E-state index contributed by atoms with van der Waals surface area (Å²) in [7, 11) is 1.60. The SMILES string of the molecule is CCOc1ccc(C(C)NC(=O)C(CC)Oc2cccc(OC)c2)cc1. The number of amides is 1. The van der Waals surface area contributed by atoms with Gasteiger partial charge in [0.25, 0.3) is 5.91 Å². The number of nitrogens with one attached hydrogen (secondary N) is 1. The van der Waals surface area contributed by atoms with E-state index >= 15 is 0 Å². The summed E-state index contributed by atoms with van der Waals surface area (Å²) < 4.78 is 16.5. The number of hydrogen-bond donors (Lipinski definition) is 1. The largest absolute Gasteiger partial charge is 0.497 e. The minimum atomic E-state index is -0.563. The second-order valence-electron chi connectivity index (χ2n) is 5.93. The molecule has 0 aliphatic carbocycles. The highest BCUT2D eigenvalue weighted by Gasteiger charge is 2.21. The molecule has 0 aliphatic heterocycles. The average Bonchev–Trinajstić information content (AvgIpc) is 2.67. The van der Waals surface area contributed by atoms with Crippen molar-refractivity contribution in [3.63, 3.8) is 0 Å². The lowest BCUT2D eigenvalue weighted by Crippen LogP contribution is -2.39. The molecular formula is C21H27NO4. The first-order chi connectivity index (χ1) is 12.6. The van der Waals surface area contributed by atoms with Crippen LogP contribution in [0.4, 0.5) is 0 Å². The Hall–Kier alpha value is -2.69. The second kappa shape index (κ2) is 9.70.